The van der Waals surface area contributed by atoms with E-state index in [1.165, 1.54) is 19.3 Å². The highest BCUT2D eigenvalue weighted by Crippen LogP contribution is 2.39. The lowest BCUT2D eigenvalue weighted by atomic mass is 9.83. The van der Waals surface area contributed by atoms with E-state index in [4.69, 9.17) is 10.5 Å². The third-order valence-corrected chi connectivity index (χ3v) is 3.75. The fourth-order valence-electron chi connectivity index (χ4n) is 2.78. The minimum absolute atomic E-state index is 0.454. The molecule has 0 spiro atoms. The molecule has 4 atom stereocenters. The maximum absolute atomic E-state index is 6.00. The van der Waals surface area contributed by atoms with E-state index in [-0.39, 0.29) is 0 Å². The van der Waals surface area contributed by atoms with Gasteiger partial charge in [-0.1, -0.05) is 6.92 Å². The quantitative estimate of drug-likeness (QED) is 0.644. The minimum Gasteiger partial charge on any atom is -0.381 e. The van der Waals surface area contributed by atoms with Gasteiger partial charge in [0.25, 0.3) is 0 Å². The van der Waals surface area contributed by atoms with E-state index < -0.39 is 0 Å². The zero-order valence-corrected chi connectivity index (χ0v) is 7.83. The summed E-state index contributed by atoms with van der Waals surface area (Å²) in [6.45, 7) is 4.27. The second-order valence-electron chi connectivity index (χ2n) is 4.39. The van der Waals surface area contributed by atoms with Gasteiger partial charge in [0, 0.05) is 19.3 Å². The van der Waals surface area contributed by atoms with Crippen LogP contribution in [0, 0.1) is 17.8 Å². The smallest absolute Gasteiger partial charge is 0.0497 e. The topological polar surface area (TPSA) is 35.2 Å². The molecule has 2 aliphatic rings. The number of hydrogen-bond acceptors (Lipinski definition) is 2. The van der Waals surface area contributed by atoms with Gasteiger partial charge in [-0.05, 0) is 37.0 Å². The van der Waals surface area contributed by atoms with Crippen molar-refractivity contribution in [3.8, 4) is 0 Å². The van der Waals surface area contributed by atoms with Crippen molar-refractivity contribution in [2.24, 2.45) is 23.5 Å². The molecule has 2 fully saturated rings. The molecule has 0 bridgehead atoms. The standard InChI is InChI=1S/C10H19NO/c1-7-9(2-3-10(7)11)8-4-5-12-6-8/h7-10H,2-6,11H2,1H3. The van der Waals surface area contributed by atoms with Gasteiger partial charge in [0.05, 0.1) is 0 Å². The van der Waals surface area contributed by atoms with E-state index in [0.717, 1.165) is 31.0 Å². The van der Waals surface area contributed by atoms with Gasteiger partial charge in [0.2, 0.25) is 0 Å². The zero-order chi connectivity index (χ0) is 8.55. The molecule has 2 nitrogen and oxygen atoms in total. The first kappa shape index (κ1) is 8.52. The monoisotopic (exact) mass is 169 g/mol. The first-order valence-electron chi connectivity index (χ1n) is 5.12. The molecule has 1 aliphatic carbocycles. The van der Waals surface area contributed by atoms with Crippen molar-refractivity contribution in [3.05, 3.63) is 0 Å². The minimum atomic E-state index is 0.454. The first-order chi connectivity index (χ1) is 5.79. The van der Waals surface area contributed by atoms with Crippen molar-refractivity contribution in [2.45, 2.75) is 32.2 Å². The molecule has 0 aromatic rings. The van der Waals surface area contributed by atoms with Crippen LogP contribution in [-0.2, 0) is 4.74 Å². The molecular formula is C10H19NO. The fourth-order valence-corrected chi connectivity index (χ4v) is 2.78. The van der Waals surface area contributed by atoms with Gasteiger partial charge in [0.1, 0.15) is 0 Å². The van der Waals surface area contributed by atoms with Gasteiger partial charge in [0.15, 0.2) is 0 Å². The number of nitrogens with two attached hydrogens (primary N) is 1. The molecule has 2 rings (SSSR count). The molecule has 0 radical (unpaired) electrons. The third kappa shape index (κ3) is 1.38. The van der Waals surface area contributed by atoms with E-state index in [2.05, 4.69) is 6.92 Å². The lowest BCUT2D eigenvalue weighted by molar-refractivity contribution is 0.162. The Kier molecular flexibility index (Phi) is 2.37. The van der Waals surface area contributed by atoms with Crippen LogP contribution in [0.1, 0.15) is 26.2 Å². The third-order valence-electron chi connectivity index (χ3n) is 3.75. The molecular weight excluding hydrogens is 150 g/mol. The Labute approximate surface area is 74.5 Å². The van der Waals surface area contributed by atoms with Gasteiger partial charge in [-0.15, -0.1) is 0 Å². The maximum atomic E-state index is 6.00. The molecule has 1 aliphatic heterocycles. The molecule has 4 unspecified atom stereocenters. The van der Waals surface area contributed by atoms with Gasteiger partial charge in [-0.2, -0.15) is 0 Å². The van der Waals surface area contributed by atoms with Crippen LogP contribution in [0.2, 0.25) is 0 Å². The highest BCUT2D eigenvalue weighted by atomic mass is 16.5. The Morgan fingerprint density at radius 3 is 2.58 bits per heavy atom. The zero-order valence-electron chi connectivity index (χ0n) is 7.83. The summed E-state index contributed by atoms with van der Waals surface area (Å²) in [5.74, 6) is 2.38. The highest BCUT2D eigenvalue weighted by molar-refractivity contribution is 4.89. The van der Waals surface area contributed by atoms with E-state index in [9.17, 15) is 0 Å². The van der Waals surface area contributed by atoms with Crippen molar-refractivity contribution in [2.75, 3.05) is 13.2 Å². The van der Waals surface area contributed by atoms with Crippen LogP contribution < -0.4 is 5.73 Å². The number of ether oxygens (including phenoxy) is 1. The molecule has 2 heteroatoms. The fraction of sp³-hybridized carbons (Fsp3) is 1.00. The predicted octanol–water partition coefficient (Wildman–Crippen LogP) is 1.40. The Bertz CT molecular complexity index is 154. The molecule has 1 saturated heterocycles. The molecule has 0 aromatic heterocycles. The van der Waals surface area contributed by atoms with Crippen LogP contribution in [0.15, 0.2) is 0 Å². The predicted molar refractivity (Wildman–Crippen MR) is 48.8 cm³/mol. The van der Waals surface area contributed by atoms with Crippen molar-refractivity contribution in [1.29, 1.82) is 0 Å². The largest absolute Gasteiger partial charge is 0.381 e. The van der Waals surface area contributed by atoms with Gasteiger partial charge in [-0.25, -0.2) is 0 Å². The SMILES string of the molecule is CC1C(N)CCC1C1CCOC1. The van der Waals surface area contributed by atoms with E-state index >= 15 is 0 Å². The second kappa shape index (κ2) is 3.35. The molecule has 0 aromatic carbocycles. The molecule has 1 saturated carbocycles. The molecule has 70 valence electrons. The Balaban J connectivity index is 1.95. The molecule has 2 N–H and O–H groups in total. The maximum Gasteiger partial charge on any atom is 0.0497 e. The Morgan fingerprint density at radius 1 is 1.25 bits per heavy atom. The van der Waals surface area contributed by atoms with Crippen molar-refractivity contribution in [3.63, 3.8) is 0 Å². The average molecular weight is 169 g/mol. The van der Waals surface area contributed by atoms with Crippen molar-refractivity contribution >= 4 is 0 Å². The summed E-state index contributed by atoms with van der Waals surface area (Å²) in [6, 6.07) is 0.454. The second-order valence-corrected chi connectivity index (χ2v) is 4.39. The van der Waals surface area contributed by atoms with Crippen LogP contribution >= 0.6 is 0 Å². The van der Waals surface area contributed by atoms with E-state index in [1.54, 1.807) is 0 Å². The van der Waals surface area contributed by atoms with Crippen LogP contribution in [0.4, 0.5) is 0 Å². The van der Waals surface area contributed by atoms with E-state index in [1.807, 2.05) is 0 Å². The Morgan fingerprint density at radius 2 is 2.08 bits per heavy atom. The van der Waals surface area contributed by atoms with E-state index in [0.29, 0.717) is 6.04 Å². The molecule has 1 heterocycles. The van der Waals surface area contributed by atoms with Crippen LogP contribution in [0.5, 0.6) is 0 Å². The first-order valence-corrected chi connectivity index (χ1v) is 5.12. The number of hydrogen-bond donors (Lipinski definition) is 1. The van der Waals surface area contributed by atoms with Gasteiger partial charge in [-0.3, -0.25) is 0 Å². The lowest BCUT2D eigenvalue weighted by Crippen LogP contribution is -2.28. The highest BCUT2D eigenvalue weighted by Gasteiger charge is 2.36. The number of rotatable bonds is 1. The Hall–Kier alpha value is -0.0800. The van der Waals surface area contributed by atoms with Crippen LogP contribution in [-0.4, -0.2) is 19.3 Å². The summed E-state index contributed by atoms with van der Waals surface area (Å²) in [4.78, 5) is 0. The van der Waals surface area contributed by atoms with Gasteiger partial charge < -0.3 is 10.5 Å². The average Bonchev–Trinajstić information content (AvgIpc) is 2.64. The summed E-state index contributed by atoms with van der Waals surface area (Å²) >= 11 is 0. The summed E-state index contributed by atoms with van der Waals surface area (Å²) in [7, 11) is 0. The summed E-state index contributed by atoms with van der Waals surface area (Å²) in [6.07, 6.45) is 3.82. The van der Waals surface area contributed by atoms with Crippen molar-refractivity contribution < 1.29 is 4.74 Å². The summed E-state index contributed by atoms with van der Waals surface area (Å²) in [5, 5.41) is 0. The lowest BCUT2D eigenvalue weighted by Gasteiger charge is -2.22. The molecule has 12 heavy (non-hydrogen) atoms. The molecule has 0 amide bonds. The summed E-state index contributed by atoms with van der Waals surface area (Å²) in [5.41, 5.74) is 6.00. The van der Waals surface area contributed by atoms with Crippen LogP contribution in [0.3, 0.4) is 0 Å². The normalized spacial score (nSPS) is 48.5. The van der Waals surface area contributed by atoms with Gasteiger partial charge >= 0.3 is 0 Å². The van der Waals surface area contributed by atoms with Crippen LogP contribution in [0.25, 0.3) is 0 Å². The van der Waals surface area contributed by atoms with Crippen molar-refractivity contribution in [1.82, 2.24) is 0 Å². The summed E-state index contributed by atoms with van der Waals surface area (Å²) < 4.78 is 5.41.